The molecule has 0 radical (unpaired) electrons. The predicted octanol–water partition coefficient (Wildman–Crippen LogP) is 5.27. The Morgan fingerprint density at radius 2 is 1.80 bits per heavy atom. The van der Waals surface area contributed by atoms with Crippen LogP contribution in [-0.4, -0.2) is 22.0 Å². The van der Waals surface area contributed by atoms with E-state index in [1.54, 1.807) is 12.3 Å². The number of aliphatic imine (C=N–C) groups is 1. The maximum atomic E-state index is 7.81. The molecule has 1 aliphatic rings. The van der Waals surface area contributed by atoms with Crippen molar-refractivity contribution in [2.45, 2.75) is 12.0 Å². The number of rotatable bonds is 2. The lowest BCUT2D eigenvalue weighted by atomic mass is 9.80. The van der Waals surface area contributed by atoms with Gasteiger partial charge in [-0.25, -0.2) is 11.6 Å². The van der Waals surface area contributed by atoms with Crippen LogP contribution in [0, 0.1) is 6.57 Å². The number of aromatic amines is 1. The second kappa shape index (κ2) is 6.36. The zero-order valence-electron chi connectivity index (χ0n) is 12.9. The van der Waals surface area contributed by atoms with E-state index in [1.807, 2.05) is 42.5 Å². The van der Waals surface area contributed by atoms with Gasteiger partial charge >= 0.3 is 0 Å². The summed E-state index contributed by atoms with van der Waals surface area (Å²) in [7, 11) is 0. The Morgan fingerprint density at radius 1 is 1.00 bits per heavy atom. The molecule has 0 amide bonds. The smallest absolute Gasteiger partial charge is 0.276 e. The van der Waals surface area contributed by atoms with Gasteiger partial charge in [0.2, 0.25) is 0 Å². The van der Waals surface area contributed by atoms with Gasteiger partial charge in [-0.05, 0) is 11.6 Å². The van der Waals surface area contributed by atoms with Crippen LogP contribution in [0.5, 0.6) is 0 Å². The normalized spacial score (nSPS) is 19.0. The molecule has 6 heteroatoms. The summed E-state index contributed by atoms with van der Waals surface area (Å²) in [6.45, 7) is 7.81. The van der Waals surface area contributed by atoms with E-state index in [4.69, 9.17) is 29.8 Å². The molecule has 0 saturated carbocycles. The standard InChI is InChI=1S/C19H12Cl2N4/c1-22-18-15(12-8-5-9-14(20)16(12)21)13-10-23-25-19(13)24-17(18)11-6-3-2-4-7-11/h2-10,15,18H,(H,23,25). The van der Waals surface area contributed by atoms with E-state index in [-0.39, 0.29) is 5.92 Å². The minimum Gasteiger partial charge on any atom is -0.306 e. The molecule has 2 heterocycles. The molecule has 0 bridgehead atoms. The number of H-pyrrole nitrogens is 1. The Hall–Kier alpha value is -2.61. The van der Waals surface area contributed by atoms with E-state index < -0.39 is 6.04 Å². The summed E-state index contributed by atoms with van der Waals surface area (Å²) < 4.78 is 0. The topological polar surface area (TPSA) is 45.4 Å². The second-order valence-electron chi connectivity index (χ2n) is 5.73. The molecular weight excluding hydrogens is 355 g/mol. The van der Waals surface area contributed by atoms with Gasteiger partial charge in [0.05, 0.1) is 22.2 Å². The minimum atomic E-state index is -0.511. The number of hydrogen-bond acceptors (Lipinski definition) is 2. The van der Waals surface area contributed by atoms with Crippen LogP contribution in [0.3, 0.4) is 0 Å². The van der Waals surface area contributed by atoms with E-state index in [0.717, 1.165) is 16.7 Å². The predicted molar refractivity (Wildman–Crippen MR) is 99.9 cm³/mol. The van der Waals surface area contributed by atoms with Crippen LogP contribution in [-0.2, 0) is 0 Å². The van der Waals surface area contributed by atoms with E-state index >= 15 is 0 Å². The molecule has 1 aromatic heterocycles. The van der Waals surface area contributed by atoms with Crippen molar-refractivity contribution in [1.29, 1.82) is 0 Å². The SMILES string of the molecule is [C-]#[N+]C1C(c2ccccc2)=Nc2[nH]ncc2C1c1cccc(Cl)c1Cl. The van der Waals surface area contributed by atoms with Crippen molar-refractivity contribution < 1.29 is 0 Å². The summed E-state index contributed by atoms with van der Waals surface area (Å²) in [4.78, 5) is 8.55. The van der Waals surface area contributed by atoms with E-state index in [0.29, 0.717) is 21.6 Å². The summed E-state index contributed by atoms with van der Waals surface area (Å²) in [6.07, 6.45) is 1.71. The number of benzene rings is 2. The average molecular weight is 367 g/mol. The molecule has 2 aromatic carbocycles. The second-order valence-corrected chi connectivity index (χ2v) is 6.52. The van der Waals surface area contributed by atoms with Gasteiger partial charge < -0.3 is 4.85 Å². The maximum Gasteiger partial charge on any atom is 0.276 e. The number of hydrogen-bond donors (Lipinski definition) is 1. The highest BCUT2D eigenvalue weighted by atomic mass is 35.5. The Balaban J connectivity index is 1.95. The van der Waals surface area contributed by atoms with Crippen LogP contribution in [0.4, 0.5) is 5.82 Å². The Bertz CT molecular complexity index is 1000. The lowest BCUT2D eigenvalue weighted by Gasteiger charge is -2.25. The van der Waals surface area contributed by atoms with Crippen molar-refractivity contribution >= 4 is 34.7 Å². The van der Waals surface area contributed by atoms with Gasteiger partial charge in [0.25, 0.3) is 6.04 Å². The number of fused-ring (bicyclic) bond motifs is 1. The van der Waals surface area contributed by atoms with Crippen LogP contribution in [0.25, 0.3) is 4.85 Å². The van der Waals surface area contributed by atoms with Gasteiger partial charge in [0.15, 0.2) is 5.82 Å². The molecule has 0 saturated heterocycles. The first-order valence-corrected chi connectivity index (χ1v) is 8.44. The monoisotopic (exact) mass is 366 g/mol. The summed E-state index contributed by atoms with van der Waals surface area (Å²) in [5.74, 6) is 0.366. The molecular formula is C19H12Cl2N4. The van der Waals surface area contributed by atoms with Gasteiger partial charge in [0, 0.05) is 11.1 Å². The van der Waals surface area contributed by atoms with Crippen LogP contribution in [0.15, 0.2) is 59.7 Å². The molecule has 25 heavy (non-hydrogen) atoms. The van der Waals surface area contributed by atoms with E-state index in [1.165, 1.54) is 0 Å². The number of nitrogens with one attached hydrogen (secondary N) is 1. The molecule has 122 valence electrons. The van der Waals surface area contributed by atoms with Crippen molar-refractivity contribution in [3.8, 4) is 0 Å². The van der Waals surface area contributed by atoms with Crippen LogP contribution in [0.1, 0.15) is 22.6 Å². The summed E-state index contributed by atoms with van der Waals surface area (Å²) in [5.41, 5.74) is 3.27. The molecule has 2 atom stereocenters. The summed E-state index contributed by atoms with van der Waals surface area (Å²) >= 11 is 12.7. The van der Waals surface area contributed by atoms with Crippen LogP contribution >= 0.6 is 23.2 Å². The van der Waals surface area contributed by atoms with Crippen molar-refractivity contribution in [1.82, 2.24) is 10.2 Å². The molecule has 4 rings (SSSR count). The molecule has 0 aliphatic carbocycles. The number of halogens is 2. The van der Waals surface area contributed by atoms with Crippen LogP contribution < -0.4 is 0 Å². The quantitative estimate of drug-likeness (QED) is 0.616. The summed E-state index contributed by atoms with van der Waals surface area (Å²) in [6, 6.07) is 14.7. The average Bonchev–Trinajstić information content (AvgIpc) is 3.11. The number of nitrogens with zero attached hydrogens (tertiary/aromatic N) is 3. The van der Waals surface area contributed by atoms with Crippen molar-refractivity contribution in [2.75, 3.05) is 0 Å². The number of aromatic nitrogens is 2. The van der Waals surface area contributed by atoms with Crippen LogP contribution in [0.2, 0.25) is 10.0 Å². The fraction of sp³-hybridized carbons (Fsp3) is 0.105. The molecule has 1 aliphatic heterocycles. The maximum absolute atomic E-state index is 7.81. The van der Waals surface area contributed by atoms with Gasteiger partial charge in [-0.15, -0.1) is 0 Å². The van der Waals surface area contributed by atoms with Gasteiger partial charge in [0.1, 0.15) is 5.71 Å². The summed E-state index contributed by atoms with van der Waals surface area (Å²) in [5, 5.41) is 7.97. The van der Waals surface area contributed by atoms with E-state index in [2.05, 4.69) is 20.0 Å². The highest BCUT2D eigenvalue weighted by Crippen LogP contribution is 2.44. The zero-order valence-corrected chi connectivity index (χ0v) is 14.5. The van der Waals surface area contributed by atoms with Gasteiger partial charge in [-0.1, -0.05) is 65.7 Å². The van der Waals surface area contributed by atoms with Crippen molar-refractivity contribution in [3.63, 3.8) is 0 Å². The first-order chi connectivity index (χ1) is 12.2. The third-order valence-electron chi connectivity index (χ3n) is 4.34. The molecule has 3 aromatic rings. The molecule has 1 N–H and O–H groups in total. The Kier molecular flexibility index (Phi) is 4.04. The zero-order chi connectivity index (χ0) is 17.4. The lowest BCUT2D eigenvalue weighted by Crippen LogP contribution is -2.29. The first-order valence-electron chi connectivity index (χ1n) is 7.68. The highest BCUT2D eigenvalue weighted by molar-refractivity contribution is 6.42. The first kappa shape index (κ1) is 15.9. The highest BCUT2D eigenvalue weighted by Gasteiger charge is 2.42. The van der Waals surface area contributed by atoms with Crippen molar-refractivity contribution in [3.05, 3.63) is 92.9 Å². The molecule has 0 spiro atoms. The molecule has 2 unspecified atom stereocenters. The molecule has 0 fully saturated rings. The fourth-order valence-electron chi connectivity index (χ4n) is 3.20. The fourth-order valence-corrected chi connectivity index (χ4v) is 3.62. The lowest BCUT2D eigenvalue weighted by molar-refractivity contribution is 0.794. The Morgan fingerprint density at radius 3 is 2.56 bits per heavy atom. The largest absolute Gasteiger partial charge is 0.306 e. The third kappa shape index (κ3) is 2.62. The van der Waals surface area contributed by atoms with E-state index in [9.17, 15) is 0 Å². The third-order valence-corrected chi connectivity index (χ3v) is 5.17. The van der Waals surface area contributed by atoms with Crippen molar-refractivity contribution in [2.24, 2.45) is 4.99 Å². The van der Waals surface area contributed by atoms with Gasteiger partial charge in [-0.2, -0.15) is 5.10 Å². The Labute approximate surface area is 155 Å². The van der Waals surface area contributed by atoms with Gasteiger partial charge in [-0.3, -0.25) is 5.10 Å². The minimum absolute atomic E-state index is 0.287. The molecule has 4 nitrogen and oxygen atoms in total.